The number of aliphatic imine (C=N–C) groups is 1. The maximum Gasteiger partial charge on any atom is 0.311 e. The molecule has 30 heavy (non-hydrogen) atoms. The molecule has 0 amide bonds. The molecule has 1 aromatic rings. The summed E-state index contributed by atoms with van der Waals surface area (Å²) in [5.41, 5.74) is 3.01. The molecule has 1 heterocycles. The van der Waals surface area contributed by atoms with Crippen molar-refractivity contribution in [3.05, 3.63) is 70.8 Å². The zero-order chi connectivity index (χ0) is 21.7. The quantitative estimate of drug-likeness (QED) is 0.403. The van der Waals surface area contributed by atoms with Gasteiger partial charge in [-0.1, -0.05) is 36.9 Å². The summed E-state index contributed by atoms with van der Waals surface area (Å²) in [5, 5.41) is 9.16. The summed E-state index contributed by atoms with van der Waals surface area (Å²) in [7, 11) is 0. The van der Waals surface area contributed by atoms with Crippen molar-refractivity contribution >= 4 is 23.9 Å². The third-order valence-electron chi connectivity index (χ3n) is 5.16. The van der Waals surface area contributed by atoms with Crippen molar-refractivity contribution in [3.63, 3.8) is 0 Å². The molecule has 5 nitrogen and oxygen atoms in total. The average Bonchev–Trinajstić information content (AvgIpc) is 3.32. The summed E-state index contributed by atoms with van der Waals surface area (Å²) >= 11 is 1.67. The number of carboxylic acid groups (broad SMARTS) is 1. The van der Waals surface area contributed by atoms with Gasteiger partial charge in [-0.15, -0.1) is 11.8 Å². The van der Waals surface area contributed by atoms with Crippen LogP contribution in [-0.2, 0) is 4.79 Å². The van der Waals surface area contributed by atoms with Crippen molar-refractivity contribution in [1.82, 2.24) is 0 Å². The first-order chi connectivity index (χ1) is 14.5. The molecular weight excluding hydrogens is 398 g/mol. The lowest BCUT2D eigenvalue weighted by Gasteiger charge is -2.11. The van der Waals surface area contributed by atoms with Crippen molar-refractivity contribution in [2.24, 2.45) is 10.9 Å². The van der Waals surface area contributed by atoms with Gasteiger partial charge in [0.25, 0.3) is 0 Å². The highest BCUT2D eigenvalue weighted by Crippen LogP contribution is 2.58. The number of allylic oxidation sites excluding steroid dienone is 6. The van der Waals surface area contributed by atoms with Crippen LogP contribution < -0.4 is 9.47 Å². The molecule has 0 radical (unpaired) electrons. The van der Waals surface area contributed by atoms with E-state index in [9.17, 15) is 4.79 Å². The first-order valence-corrected chi connectivity index (χ1v) is 11.1. The van der Waals surface area contributed by atoms with Crippen LogP contribution in [0.15, 0.2) is 70.2 Å². The minimum atomic E-state index is -0.788. The predicted octanol–water partition coefficient (Wildman–Crippen LogP) is 5.37. The van der Waals surface area contributed by atoms with Crippen LogP contribution in [0.1, 0.15) is 31.7 Å². The largest absolute Gasteiger partial charge is 0.493 e. The van der Waals surface area contributed by atoms with Gasteiger partial charge >= 0.3 is 5.97 Å². The molecule has 0 saturated heterocycles. The molecule has 0 aromatic heterocycles. The van der Waals surface area contributed by atoms with E-state index in [0.717, 1.165) is 34.8 Å². The second-order valence-electron chi connectivity index (χ2n) is 7.27. The Balaban J connectivity index is 1.54. The van der Waals surface area contributed by atoms with E-state index in [-0.39, 0.29) is 12.0 Å². The fourth-order valence-corrected chi connectivity index (χ4v) is 4.15. The normalized spacial score (nSPS) is 23.0. The third kappa shape index (κ3) is 5.05. The Labute approximate surface area is 181 Å². The van der Waals surface area contributed by atoms with E-state index in [1.807, 2.05) is 62.7 Å². The van der Waals surface area contributed by atoms with Crippen LogP contribution in [0.2, 0.25) is 0 Å². The van der Waals surface area contributed by atoms with Crippen LogP contribution in [0, 0.1) is 5.92 Å². The smallest absolute Gasteiger partial charge is 0.311 e. The Hall–Kier alpha value is -2.73. The van der Waals surface area contributed by atoms with Gasteiger partial charge in [0.05, 0.1) is 6.61 Å². The van der Waals surface area contributed by atoms with Gasteiger partial charge in [-0.2, -0.15) is 0 Å². The second kappa shape index (κ2) is 9.85. The fraction of sp³-hybridized carbons (Fsp3) is 0.333. The van der Waals surface area contributed by atoms with E-state index in [0.29, 0.717) is 6.61 Å². The van der Waals surface area contributed by atoms with E-state index in [1.165, 1.54) is 4.91 Å². The van der Waals surface area contributed by atoms with Crippen molar-refractivity contribution in [3.8, 4) is 11.5 Å². The summed E-state index contributed by atoms with van der Waals surface area (Å²) in [6, 6.07) is 5.67. The van der Waals surface area contributed by atoms with Gasteiger partial charge in [-0.05, 0) is 31.7 Å². The zero-order valence-corrected chi connectivity index (χ0v) is 18.3. The Morgan fingerprint density at radius 3 is 2.87 bits per heavy atom. The van der Waals surface area contributed by atoms with Gasteiger partial charge in [0.15, 0.2) is 0 Å². The number of ether oxygens (including phenoxy) is 2. The maximum atomic E-state index is 11.2. The molecule has 3 atom stereocenters. The van der Waals surface area contributed by atoms with Crippen molar-refractivity contribution in [1.29, 1.82) is 0 Å². The van der Waals surface area contributed by atoms with Crippen LogP contribution >= 0.6 is 11.8 Å². The van der Waals surface area contributed by atoms with Crippen LogP contribution in [0.25, 0.3) is 0 Å². The molecule has 1 aliphatic carbocycles. The Morgan fingerprint density at radius 2 is 2.17 bits per heavy atom. The predicted molar refractivity (Wildman–Crippen MR) is 123 cm³/mol. The molecular formula is C24H27NO4S. The fourth-order valence-electron chi connectivity index (χ4n) is 3.51. The van der Waals surface area contributed by atoms with Gasteiger partial charge in [-0.25, -0.2) is 0 Å². The summed E-state index contributed by atoms with van der Waals surface area (Å²) in [5.74, 6) is 0.274. The molecule has 3 unspecified atom stereocenters. The van der Waals surface area contributed by atoms with Gasteiger partial charge < -0.3 is 14.6 Å². The minimum Gasteiger partial charge on any atom is -0.493 e. The van der Waals surface area contributed by atoms with Crippen molar-refractivity contribution < 1.29 is 19.4 Å². The van der Waals surface area contributed by atoms with E-state index in [4.69, 9.17) is 14.6 Å². The first-order valence-electron chi connectivity index (χ1n) is 9.86. The summed E-state index contributed by atoms with van der Waals surface area (Å²) < 4.78 is 11.7. The average molecular weight is 426 g/mol. The molecule has 6 heteroatoms. The molecule has 1 saturated carbocycles. The lowest BCUT2D eigenvalue weighted by molar-refractivity contribution is -0.139. The lowest BCUT2D eigenvalue weighted by Crippen LogP contribution is -2.08. The van der Waals surface area contributed by atoms with Gasteiger partial charge in [0.2, 0.25) is 0 Å². The van der Waals surface area contributed by atoms with Gasteiger partial charge in [-0.3, -0.25) is 9.79 Å². The molecule has 2 aliphatic rings. The number of hydrogen-bond donors (Lipinski definition) is 1. The lowest BCUT2D eigenvalue weighted by atomic mass is 10.1. The minimum absolute atomic E-state index is 0.0112. The monoisotopic (exact) mass is 425 g/mol. The number of fused-ring (bicyclic) bond motifs is 3. The zero-order valence-electron chi connectivity index (χ0n) is 17.5. The van der Waals surface area contributed by atoms with Crippen molar-refractivity contribution in [2.45, 2.75) is 32.3 Å². The number of aliphatic carboxylic acids is 1. The van der Waals surface area contributed by atoms with Crippen molar-refractivity contribution in [2.75, 3.05) is 12.9 Å². The molecule has 3 rings (SSSR count). The maximum absolute atomic E-state index is 11.2. The van der Waals surface area contributed by atoms with Crippen LogP contribution in [0.4, 0.5) is 0 Å². The van der Waals surface area contributed by atoms with Crippen LogP contribution in [0.5, 0.6) is 11.5 Å². The number of carboxylic acids is 1. The summed E-state index contributed by atoms with van der Waals surface area (Å²) in [4.78, 5) is 16.9. The Kier molecular flexibility index (Phi) is 7.21. The molecule has 0 bridgehead atoms. The number of thioether (sulfide) groups is 1. The number of benzene rings is 1. The number of rotatable bonds is 10. The Morgan fingerprint density at radius 1 is 1.37 bits per heavy atom. The van der Waals surface area contributed by atoms with Crippen LogP contribution in [-0.4, -0.2) is 36.3 Å². The van der Waals surface area contributed by atoms with E-state index in [2.05, 4.69) is 11.6 Å². The number of carbonyl (C=O) groups is 1. The Bertz CT molecular complexity index is 945. The van der Waals surface area contributed by atoms with Gasteiger partial charge in [0, 0.05) is 40.8 Å². The third-order valence-corrected chi connectivity index (χ3v) is 6.15. The summed E-state index contributed by atoms with van der Waals surface area (Å²) in [6.45, 7) is 8.19. The highest BCUT2D eigenvalue weighted by molar-refractivity contribution is 8.02. The number of hydrogen-bond acceptors (Lipinski definition) is 5. The first kappa shape index (κ1) is 22.0. The van der Waals surface area contributed by atoms with E-state index >= 15 is 0 Å². The van der Waals surface area contributed by atoms with E-state index < -0.39 is 11.9 Å². The molecule has 1 aromatic carbocycles. The molecule has 158 valence electrons. The van der Waals surface area contributed by atoms with Crippen LogP contribution in [0.3, 0.4) is 0 Å². The molecule has 1 fully saturated rings. The standard InChI is InChI=1S/C24H27NO4S/c1-5-6-7-8-15(2)14-25-16(3)20(30-4)11-12-28-17-9-10-18-19(13-17)29-23-21(18)22(23)24(26)27/h5-10,13-14,21-23H,1,11-12H2,2-4H3,(H,26,27)/b7-6-,15-8+,20-16-,25-14+. The van der Waals surface area contributed by atoms with E-state index in [1.54, 1.807) is 17.8 Å². The number of nitrogens with zero attached hydrogens (tertiary/aromatic N) is 1. The SMILES string of the molecule is C=C\C=C/C=C(C)/C=N/C(C)=C(/CCOc1ccc2c(c1)OC1C(C(=O)O)C21)SC. The highest BCUT2D eigenvalue weighted by atomic mass is 32.2. The molecule has 0 spiro atoms. The molecule has 1 N–H and O–H groups in total. The topological polar surface area (TPSA) is 68.1 Å². The highest BCUT2D eigenvalue weighted by Gasteiger charge is 2.63. The molecule has 1 aliphatic heterocycles. The summed E-state index contributed by atoms with van der Waals surface area (Å²) in [6.07, 6.45) is 12.0. The van der Waals surface area contributed by atoms with Gasteiger partial charge in [0.1, 0.15) is 23.5 Å². The second-order valence-corrected chi connectivity index (χ2v) is 8.17.